The third-order valence-corrected chi connectivity index (χ3v) is 3.82. The molecule has 1 aliphatic heterocycles. The van der Waals surface area contributed by atoms with Gasteiger partial charge in [0, 0.05) is 24.2 Å². The summed E-state index contributed by atoms with van der Waals surface area (Å²) in [5.74, 6) is 0. The Labute approximate surface area is 88.8 Å². The molecule has 0 saturated carbocycles. The summed E-state index contributed by atoms with van der Waals surface area (Å²) in [5.41, 5.74) is 6.13. The standard InChI is InChI=1S/C12H26N2/c1-5-12(13)11(4)14-9(2)7-6-8-10(14)3/h9-12H,5-8,13H2,1-4H3. The lowest BCUT2D eigenvalue weighted by atomic mass is 9.93. The Kier molecular flexibility index (Phi) is 4.39. The van der Waals surface area contributed by atoms with Gasteiger partial charge in [0.1, 0.15) is 0 Å². The summed E-state index contributed by atoms with van der Waals surface area (Å²) >= 11 is 0. The Balaban J connectivity index is 2.62. The number of hydrogen-bond donors (Lipinski definition) is 1. The lowest BCUT2D eigenvalue weighted by Gasteiger charge is -2.44. The van der Waals surface area contributed by atoms with Crippen molar-refractivity contribution in [3.05, 3.63) is 0 Å². The van der Waals surface area contributed by atoms with Gasteiger partial charge < -0.3 is 5.73 Å². The molecule has 2 nitrogen and oxygen atoms in total. The Bertz CT molecular complexity index is 160. The van der Waals surface area contributed by atoms with Crippen LogP contribution in [0.15, 0.2) is 0 Å². The van der Waals surface area contributed by atoms with Gasteiger partial charge >= 0.3 is 0 Å². The monoisotopic (exact) mass is 198 g/mol. The molecule has 0 aliphatic carbocycles. The smallest absolute Gasteiger partial charge is 0.0224 e. The first-order valence-corrected chi connectivity index (χ1v) is 6.11. The van der Waals surface area contributed by atoms with Crippen LogP contribution >= 0.6 is 0 Å². The van der Waals surface area contributed by atoms with E-state index in [4.69, 9.17) is 5.73 Å². The summed E-state index contributed by atoms with van der Waals surface area (Å²) in [4.78, 5) is 2.62. The van der Waals surface area contributed by atoms with Gasteiger partial charge in [0.2, 0.25) is 0 Å². The molecular weight excluding hydrogens is 172 g/mol. The van der Waals surface area contributed by atoms with Crippen molar-refractivity contribution in [1.29, 1.82) is 0 Å². The molecule has 2 N–H and O–H groups in total. The van der Waals surface area contributed by atoms with E-state index in [0.29, 0.717) is 24.2 Å². The molecule has 84 valence electrons. The van der Waals surface area contributed by atoms with Crippen LogP contribution in [0.1, 0.15) is 53.4 Å². The van der Waals surface area contributed by atoms with Gasteiger partial charge in [-0.3, -0.25) is 4.90 Å². The van der Waals surface area contributed by atoms with Crippen molar-refractivity contribution in [2.45, 2.75) is 77.5 Å². The zero-order chi connectivity index (χ0) is 10.7. The van der Waals surface area contributed by atoms with Crippen molar-refractivity contribution < 1.29 is 0 Å². The normalized spacial score (nSPS) is 34.1. The lowest BCUT2D eigenvalue weighted by Crippen LogP contribution is -2.54. The molecule has 14 heavy (non-hydrogen) atoms. The predicted octanol–water partition coefficient (Wildman–Crippen LogP) is 2.38. The molecule has 2 heteroatoms. The Morgan fingerprint density at radius 1 is 1.29 bits per heavy atom. The summed E-state index contributed by atoms with van der Waals surface area (Å²) in [6.07, 6.45) is 5.14. The maximum Gasteiger partial charge on any atom is 0.0224 e. The van der Waals surface area contributed by atoms with Crippen LogP contribution < -0.4 is 5.73 Å². The molecule has 1 aliphatic rings. The summed E-state index contributed by atoms with van der Waals surface area (Å²) in [7, 11) is 0. The molecule has 1 rings (SSSR count). The van der Waals surface area contributed by atoms with E-state index in [1.165, 1.54) is 19.3 Å². The van der Waals surface area contributed by atoms with Crippen molar-refractivity contribution >= 4 is 0 Å². The highest BCUT2D eigenvalue weighted by Gasteiger charge is 2.30. The van der Waals surface area contributed by atoms with Crippen molar-refractivity contribution in [1.82, 2.24) is 4.90 Å². The second kappa shape index (κ2) is 5.13. The average Bonchev–Trinajstić information content (AvgIpc) is 2.16. The fourth-order valence-electron chi connectivity index (χ4n) is 2.81. The Morgan fingerprint density at radius 2 is 1.79 bits per heavy atom. The number of piperidine rings is 1. The van der Waals surface area contributed by atoms with Crippen LogP contribution in [-0.2, 0) is 0 Å². The minimum atomic E-state index is 0.331. The maximum atomic E-state index is 6.13. The largest absolute Gasteiger partial charge is 0.326 e. The van der Waals surface area contributed by atoms with E-state index in [0.717, 1.165) is 6.42 Å². The fraction of sp³-hybridized carbons (Fsp3) is 1.00. The van der Waals surface area contributed by atoms with Crippen LogP contribution in [0.25, 0.3) is 0 Å². The molecule has 0 radical (unpaired) electrons. The van der Waals surface area contributed by atoms with Crippen molar-refractivity contribution in [3.8, 4) is 0 Å². The molecule has 0 aromatic carbocycles. The number of likely N-dealkylation sites (tertiary alicyclic amines) is 1. The Hall–Kier alpha value is -0.0800. The molecule has 1 heterocycles. The number of hydrogen-bond acceptors (Lipinski definition) is 2. The second-order valence-electron chi connectivity index (χ2n) is 4.89. The SMILES string of the molecule is CCC(N)C(C)N1C(C)CCCC1C. The van der Waals surface area contributed by atoms with Gasteiger partial charge in [-0.15, -0.1) is 0 Å². The average molecular weight is 198 g/mol. The van der Waals surface area contributed by atoms with Crippen LogP contribution in [-0.4, -0.2) is 29.1 Å². The maximum absolute atomic E-state index is 6.13. The van der Waals surface area contributed by atoms with Gasteiger partial charge in [-0.05, 0) is 40.0 Å². The molecule has 1 saturated heterocycles. The summed E-state index contributed by atoms with van der Waals surface area (Å²) < 4.78 is 0. The van der Waals surface area contributed by atoms with Crippen molar-refractivity contribution in [2.24, 2.45) is 5.73 Å². The zero-order valence-corrected chi connectivity index (χ0v) is 10.2. The van der Waals surface area contributed by atoms with Gasteiger partial charge in [-0.25, -0.2) is 0 Å². The fourth-order valence-corrected chi connectivity index (χ4v) is 2.81. The highest BCUT2D eigenvalue weighted by molar-refractivity contribution is 4.87. The highest BCUT2D eigenvalue weighted by atomic mass is 15.2. The topological polar surface area (TPSA) is 29.3 Å². The van der Waals surface area contributed by atoms with Crippen molar-refractivity contribution in [2.75, 3.05) is 0 Å². The van der Waals surface area contributed by atoms with Crippen LogP contribution in [0, 0.1) is 0 Å². The van der Waals surface area contributed by atoms with Crippen LogP contribution in [0.3, 0.4) is 0 Å². The van der Waals surface area contributed by atoms with Crippen LogP contribution in [0.5, 0.6) is 0 Å². The van der Waals surface area contributed by atoms with Gasteiger partial charge in [0.15, 0.2) is 0 Å². The van der Waals surface area contributed by atoms with E-state index in [-0.39, 0.29) is 0 Å². The summed E-state index contributed by atoms with van der Waals surface area (Å²) in [6, 6.07) is 2.29. The van der Waals surface area contributed by atoms with Crippen molar-refractivity contribution in [3.63, 3.8) is 0 Å². The first-order chi connectivity index (χ1) is 6.57. The van der Waals surface area contributed by atoms with Gasteiger partial charge in [0.05, 0.1) is 0 Å². The molecule has 0 spiro atoms. The quantitative estimate of drug-likeness (QED) is 0.754. The molecule has 4 unspecified atom stereocenters. The van der Waals surface area contributed by atoms with E-state index in [1.54, 1.807) is 0 Å². The minimum Gasteiger partial charge on any atom is -0.326 e. The van der Waals surface area contributed by atoms with E-state index in [9.17, 15) is 0 Å². The lowest BCUT2D eigenvalue weighted by molar-refractivity contribution is 0.0505. The van der Waals surface area contributed by atoms with E-state index in [2.05, 4.69) is 32.6 Å². The van der Waals surface area contributed by atoms with Gasteiger partial charge in [0.25, 0.3) is 0 Å². The number of nitrogens with two attached hydrogens (primary N) is 1. The van der Waals surface area contributed by atoms with E-state index in [1.807, 2.05) is 0 Å². The zero-order valence-electron chi connectivity index (χ0n) is 10.2. The molecule has 4 atom stereocenters. The molecule has 0 amide bonds. The first kappa shape index (κ1) is 12.0. The first-order valence-electron chi connectivity index (χ1n) is 6.11. The van der Waals surface area contributed by atoms with Gasteiger partial charge in [-0.1, -0.05) is 13.3 Å². The van der Waals surface area contributed by atoms with Crippen LogP contribution in [0.2, 0.25) is 0 Å². The van der Waals surface area contributed by atoms with Gasteiger partial charge in [-0.2, -0.15) is 0 Å². The third kappa shape index (κ3) is 2.48. The molecule has 0 aromatic heterocycles. The molecule has 0 bridgehead atoms. The molecule has 1 fully saturated rings. The number of rotatable bonds is 3. The predicted molar refractivity (Wildman–Crippen MR) is 62.3 cm³/mol. The Morgan fingerprint density at radius 3 is 2.21 bits per heavy atom. The van der Waals surface area contributed by atoms with E-state index >= 15 is 0 Å². The second-order valence-corrected chi connectivity index (χ2v) is 4.89. The molecule has 0 aromatic rings. The minimum absolute atomic E-state index is 0.331. The third-order valence-electron chi connectivity index (χ3n) is 3.82. The summed E-state index contributed by atoms with van der Waals surface area (Å²) in [5, 5.41) is 0. The summed E-state index contributed by atoms with van der Waals surface area (Å²) in [6.45, 7) is 9.15. The number of nitrogens with zero attached hydrogens (tertiary/aromatic N) is 1. The highest BCUT2D eigenvalue weighted by Crippen LogP contribution is 2.25. The molecular formula is C12H26N2. The van der Waals surface area contributed by atoms with E-state index < -0.39 is 0 Å². The van der Waals surface area contributed by atoms with Crippen LogP contribution in [0.4, 0.5) is 0 Å².